The number of allylic oxidation sites excluding steroid dienone is 4. The van der Waals surface area contributed by atoms with Crippen molar-refractivity contribution in [2.75, 3.05) is 6.54 Å². The van der Waals surface area contributed by atoms with Crippen LogP contribution in [-0.2, 0) is 16.2 Å². The second-order valence-electron chi connectivity index (χ2n) is 12.9. The molecule has 6 heteroatoms. The van der Waals surface area contributed by atoms with E-state index in [4.69, 9.17) is 4.74 Å². The van der Waals surface area contributed by atoms with Crippen molar-refractivity contribution in [3.05, 3.63) is 84.6 Å². The predicted molar refractivity (Wildman–Crippen MR) is 163 cm³/mol. The number of carbonyl (C=O) groups excluding carboxylic acids is 2. The van der Waals surface area contributed by atoms with Crippen LogP contribution in [0.2, 0.25) is 0 Å². The third-order valence-corrected chi connectivity index (χ3v) is 9.37. The molecule has 1 aliphatic heterocycles. The first-order valence-electron chi connectivity index (χ1n) is 13.8. The van der Waals surface area contributed by atoms with Crippen molar-refractivity contribution < 1.29 is 14.3 Å². The van der Waals surface area contributed by atoms with E-state index in [1.807, 2.05) is 12.1 Å². The number of Topliss-reactive ketones (excluding diaryl/α,β-unsaturated/α-hetero) is 2. The largest absolute Gasteiger partial charge is 0.487 e. The molecule has 0 fully saturated rings. The Hall–Kier alpha value is -2.18. The molecule has 0 atom stereocenters. The summed E-state index contributed by atoms with van der Waals surface area (Å²) in [6, 6.07) is 12.4. The highest BCUT2D eigenvalue weighted by Gasteiger charge is 2.48. The highest BCUT2D eigenvalue weighted by molar-refractivity contribution is 9.11. The van der Waals surface area contributed by atoms with Gasteiger partial charge in [-0.1, -0.05) is 57.5 Å². The smallest absolute Gasteiger partial charge is 0.162 e. The number of hydrogen-bond donors (Lipinski definition) is 0. The van der Waals surface area contributed by atoms with Crippen LogP contribution in [0.15, 0.2) is 67.9 Å². The van der Waals surface area contributed by atoms with Gasteiger partial charge < -0.3 is 9.64 Å². The van der Waals surface area contributed by atoms with Crippen LogP contribution < -0.4 is 4.74 Å². The second-order valence-corrected chi connectivity index (χ2v) is 14.6. The number of ketones is 2. The Labute approximate surface area is 249 Å². The number of aryl methyl sites for hydroxylation is 1. The zero-order chi connectivity index (χ0) is 28.3. The Morgan fingerprint density at radius 3 is 1.79 bits per heavy atom. The monoisotopic (exact) mass is 653 g/mol. The highest BCUT2D eigenvalue weighted by atomic mass is 79.9. The minimum absolute atomic E-state index is 0.116. The molecule has 0 amide bonds. The first kappa shape index (κ1) is 28.4. The highest BCUT2D eigenvalue weighted by Crippen LogP contribution is 2.55. The van der Waals surface area contributed by atoms with E-state index >= 15 is 0 Å². The van der Waals surface area contributed by atoms with Gasteiger partial charge in [0.2, 0.25) is 0 Å². The number of carbonyl (C=O) groups is 2. The maximum absolute atomic E-state index is 13.9. The van der Waals surface area contributed by atoms with Gasteiger partial charge in [0, 0.05) is 47.8 Å². The van der Waals surface area contributed by atoms with Gasteiger partial charge in [0.1, 0.15) is 12.4 Å². The molecule has 0 spiro atoms. The van der Waals surface area contributed by atoms with Crippen molar-refractivity contribution in [2.24, 2.45) is 10.8 Å². The lowest BCUT2D eigenvalue weighted by molar-refractivity contribution is -0.119. The Balaban J connectivity index is 1.61. The zero-order valence-electron chi connectivity index (χ0n) is 23.7. The molecule has 1 heterocycles. The Bertz CT molecular complexity index is 1340. The minimum atomic E-state index is -0.372. The number of ether oxygens (including phenoxy) is 1. The van der Waals surface area contributed by atoms with Crippen LogP contribution in [0.5, 0.6) is 5.75 Å². The van der Waals surface area contributed by atoms with Crippen LogP contribution in [0.25, 0.3) is 0 Å². The number of benzene rings is 2. The fourth-order valence-electron chi connectivity index (χ4n) is 6.49. The predicted octanol–water partition coefficient (Wildman–Crippen LogP) is 8.80. The molecule has 2 aromatic carbocycles. The molecular formula is C33H37Br2NO3. The van der Waals surface area contributed by atoms with Crippen LogP contribution >= 0.6 is 31.9 Å². The van der Waals surface area contributed by atoms with Gasteiger partial charge in [-0.05, 0) is 92.6 Å². The topological polar surface area (TPSA) is 46.6 Å². The average Bonchev–Trinajstić information content (AvgIpc) is 2.82. The molecule has 0 aromatic heterocycles. The summed E-state index contributed by atoms with van der Waals surface area (Å²) in [5, 5.41) is 0. The summed E-state index contributed by atoms with van der Waals surface area (Å²) in [4.78, 5) is 30.0. The van der Waals surface area contributed by atoms with E-state index in [0.29, 0.717) is 25.2 Å². The van der Waals surface area contributed by atoms with E-state index in [9.17, 15) is 9.59 Å². The molecular weight excluding hydrogens is 618 g/mol. The molecule has 0 saturated carbocycles. The van der Waals surface area contributed by atoms with Crippen molar-refractivity contribution in [3.8, 4) is 5.75 Å². The van der Waals surface area contributed by atoms with E-state index in [0.717, 1.165) is 62.0 Å². The molecule has 3 aliphatic rings. The summed E-state index contributed by atoms with van der Waals surface area (Å²) in [6.07, 6.45) is 2.62. The normalized spacial score (nSPS) is 20.8. The van der Waals surface area contributed by atoms with E-state index in [2.05, 4.69) is 103 Å². The number of halogens is 2. The summed E-state index contributed by atoms with van der Waals surface area (Å²) in [6.45, 7) is 14.1. The van der Waals surface area contributed by atoms with Gasteiger partial charge in [0.15, 0.2) is 11.6 Å². The third-order valence-electron chi connectivity index (χ3n) is 8.20. The standard InChI is InChI=1S/C33H37Br2NO3/c1-7-36-24-14-32(3,4)16-26(37)29(24)28(30-25(36)15-33(5,6)17-27(30)38)21-12-22(34)31(23(35)13-21)39-18-20-10-8-19(2)9-11-20/h8-13,28H,7,14-18H2,1-6H3. The zero-order valence-corrected chi connectivity index (χ0v) is 26.9. The SMILES string of the molecule is CCN1C2=C(C(=O)CC(C)(C)C2)C(c2cc(Br)c(OCc3ccc(C)cc3)c(Br)c2)C2=C1CC(C)(C)CC2=O. The summed E-state index contributed by atoms with van der Waals surface area (Å²) in [5.74, 6) is 0.645. The fourth-order valence-corrected chi connectivity index (χ4v) is 7.94. The van der Waals surface area contributed by atoms with Gasteiger partial charge in [-0.2, -0.15) is 0 Å². The number of nitrogens with zero attached hydrogens (tertiary/aromatic N) is 1. The molecule has 0 radical (unpaired) electrons. The molecule has 2 aliphatic carbocycles. The van der Waals surface area contributed by atoms with Gasteiger partial charge in [-0.3, -0.25) is 9.59 Å². The Morgan fingerprint density at radius 2 is 1.33 bits per heavy atom. The van der Waals surface area contributed by atoms with Crippen molar-refractivity contribution in [2.45, 2.75) is 79.8 Å². The van der Waals surface area contributed by atoms with Gasteiger partial charge in [0.25, 0.3) is 0 Å². The van der Waals surface area contributed by atoms with Gasteiger partial charge >= 0.3 is 0 Å². The molecule has 2 aromatic rings. The quantitative estimate of drug-likeness (QED) is 0.323. The molecule has 5 rings (SSSR count). The Kier molecular flexibility index (Phi) is 7.51. The van der Waals surface area contributed by atoms with Gasteiger partial charge in [-0.25, -0.2) is 0 Å². The maximum Gasteiger partial charge on any atom is 0.162 e. The molecule has 206 valence electrons. The van der Waals surface area contributed by atoms with Crippen LogP contribution in [0.3, 0.4) is 0 Å². The average molecular weight is 655 g/mol. The van der Waals surface area contributed by atoms with Crippen molar-refractivity contribution in [1.82, 2.24) is 4.90 Å². The summed E-state index contributed by atoms with van der Waals surface area (Å²) in [7, 11) is 0. The summed E-state index contributed by atoms with van der Waals surface area (Å²) >= 11 is 7.50. The lowest BCUT2D eigenvalue weighted by Crippen LogP contribution is -2.44. The molecule has 4 nitrogen and oxygen atoms in total. The van der Waals surface area contributed by atoms with Crippen LogP contribution in [0.4, 0.5) is 0 Å². The third kappa shape index (κ3) is 5.44. The molecule has 0 bridgehead atoms. The first-order chi connectivity index (χ1) is 18.3. The van der Waals surface area contributed by atoms with E-state index in [-0.39, 0.29) is 28.3 Å². The number of rotatable bonds is 5. The summed E-state index contributed by atoms with van der Waals surface area (Å²) < 4.78 is 7.82. The van der Waals surface area contributed by atoms with Gasteiger partial charge in [-0.15, -0.1) is 0 Å². The minimum Gasteiger partial charge on any atom is -0.487 e. The van der Waals surface area contributed by atoms with Crippen molar-refractivity contribution in [1.29, 1.82) is 0 Å². The first-order valence-corrected chi connectivity index (χ1v) is 15.4. The number of hydrogen-bond acceptors (Lipinski definition) is 4. The molecule has 0 unspecified atom stereocenters. The van der Waals surface area contributed by atoms with E-state index < -0.39 is 0 Å². The van der Waals surface area contributed by atoms with E-state index in [1.165, 1.54) is 5.56 Å². The lowest BCUT2D eigenvalue weighted by Gasteiger charge is -2.49. The fraction of sp³-hybridized carbons (Fsp3) is 0.455. The van der Waals surface area contributed by atoms with Crippen molar-refractivity contribution in [3.63, 3.8) is 0 Å². The van der Waals surface area contributed by atoms with Crippen LogP contribution in [0, 0.1) is 17.8 Å². The van der Waals surface area contributed by atoms with E-state index in [1.54, 1.807) is 0 Å². The van der Waals surface area contributed by atoms with Gasteiger partial charge in [0.05, 0.1) is 8.95 Å². The maximum atomic E-state index is 13.9. The Morgan fingerprint density at radius 1 is 0.846 bits per heavy atom. The van der Waals surface area contributed by atoms with Crippen molar-refractivity contribution >= 4 is 43.4 Å². The molecule has 0 N–H and O–H groups in total. The summed E-state index contributed by atoms with van der Waals surface area (Å²) in [5.41, 5.74) is 6.80. The second kappa shape index (κ2) is 10.3. The molecule has 39 heavy (non-hydrogen) atoms. The van der Waals surface area contributed by atoms with Crippen LogP contribution in [0.1, 0.15) is 82.9 Å². The lowest BCUT2D eigenvalue weighted by atomic mass is 9.63. The van der Waals surface area contributed by atoms with Crippen LogP contribution in [-0.4, -0.2) is 23.0 Å². The molecule has 0 saturated heterocycles.